The van der Waals surface area contributed by atoms with Crippen molar-refractivity contribution in [3.05, 3.63) is 102 Å². The number of aromatic hydroxyl groups is 1. The Kier molecular flexibility index (Phi) is 21.9. The molecule has 2 heterocycles. The number of rotatable bonds is 17. The number of primary amides is 1. The molecule has 0 aliphatic carbocycles. The van der Waals surface area contributed by atoms with Crippen LogP contribution in [0.15, 0.2) is 85.1 Å². The molecule has 1 fully saturated rings. The van der Waals surface area contributed by atoms with E-state index in [0.717, 1.165) is 38.1 Å². The van der Waals surface area contributed by atoms with Crippen LogP contribution in [-0.4, -0.2) is 134 Å². The summed E-state index contributed by atoms with van der Waals surface area (Å²) in [7, 11) is 2.06. The fourth-order valence-corrected chi connectivity index (χ4v) is 11.2. The zero-order valence-corrected chi connectivity index (χ0v) is 44.4. The fourth-order valence-electron chi connectivity index (χ4n) is 8.35. The molecule has 16 N–H and O–H groups in total. The first-order valence-electron chi connectivity index (χ1n) is 24.8. The molecule has 3 aromatic carbocycles. The number of aromatic nitrogens is 1. The Balaban J connectivity index is 1.63. The Morgan fingerprint density at radius 2 is 1.37 bits per heavy atom. The number of phenolic OH excluding ortho intramolecular Hbond substituents is 1. The van der Waals surface area contributed by atoms with Crippen molar-refractivity contribution in [2.24, 2.45) is 23.1 Å². The lowest BCUT2D eigenvalue weighted by Crippen LogP contribution is -2.63. The predicted octanol–water partition coefficient (Wildman–Crippen LogP) is 0.447. The summed E-state index contributed by atoms with van der Waals surface area (Å²) in [6, 6.07) is 11.3. The number of hydrogen-bond donors (Lipinski definition) is 13. The number of para-hydroxylation sites is 1. The summed E-state index contributed by atoms with van der Waals surface area (Å²) in [6.45, 7) is 8.13. The molecular weight excluding hydrogens is 1000 g/mol. The Bertz CT molecular complexity index is 2620. The lowest BCUT2D eigenvalue weighted by Gasteiger charge is -2.35. The molecule has 21 nitrogen and oxygen atoms in total. The number of carbonyl (C=O) groups excluding carboxylic acids is 8. The van der Waals surface area contributed by atoms with Crippen LogP contribution in [-0.2, 0) is 57.6 Å². The highest BCUT2D eigenvalue weighted by Crippen LogP contribution is 2.39. The number of hydrogen-bond acceptors (Lipinski definition) is 14. The number of aliphatic hydroxyl groups excluding tert-OH is 1. The van der Waals surface area contributed by atoms with Gasteiger partial charge >= 0.3 is 0 Å². The highest BCUT2D eigenvalue weighted by molar-refractivity contribution is 8.77. The lowest BCUT2D eigenvalue weighted by molar-refractivity contribution is -0.136. The maximum absolute atomic E-state index is 15.0. The molecule has 5 rings (SSSR count). The molecule has 1 aliphatic heterocycles. The number of phenols is 1. The summed E-state index contributed by atoms with van der Waals surface area (Å²) >= 11 is 0. The second kappa shape index (κ2) is 27.8. The maximum Gasteiger partial charge on any atom is 0.244 e. The van der Waals surface area contributed by atoms with Crippen molar-refractivity contribution in [3.63, 3.8) is 0 Å². The topological polar surface area (TPSA) is 355 Å². The van der Waals surface area contributed by atoms with E-state index < -0.39 is 112 Å². The summed E-state index contributed by atoms with van der Waals surface area (Å²) in [5.74, 6) is -7.53. The third kappa shape index (κ3) is 17.2. The monoisotopic (exact) mass is 1070 g/mol. The van der Waals surface area contributed by atoms with E-state index in [2.05, 4.69) is 42.2 Å². The quantitative estimate of drug-likeness (QED) is 0.0505. The van der Waals surface area contributed by atoms with Gasteiger partial charge in [0.25, 0.3) is 0 Å². The van der Waals surface area contributed by atoms with E-state index in [0.29, 0.717) is 24.0 Å². The number of carbonyl (C=O) groups is 8. The van der Waals surface area contributed by atoms with Crippen LogP contribution < -0.4 is 54.4 Å². The number of fused-ring (bicyclic) bond motifs is 1. The highest BCUT2D eigenvalue weighted by atomic mass is 33.1. The number of nitrogens with two attached hydrogens (primary N) is 3. The third-order valence-corrected chi connectivity index (χ3v) is 16.0. The normalized spacial score (nSPS) is 22.5. The second-order valence-corrected chi connectivity index (χ2v) is 22.5. The summed E-state index contributed by atoms with van der Waals surface area (Å²) in [5, 5.41) is 40.4. The van der Waals surface area contributed by atoms with Crippen LogP contribution in [0.4, 0.5) is 0 Å². The minimum Gasteiger partial charge on any atom is -0.508 e. The van der Waals surface area contributed by atoms with Crippen LogP contribution >= 0.6 is 21.6 Å². The standard InChI is InChI=1S/C52H71N11O10S2/c1-28(2)41-50(72)60-40(49(71)62-42(29(3)64)44(55)66)27-74-75-52(4,5)43(63-45(67)35(54)23-30-13-7-6-8-14-30)51(73)59-38(24-31-18-20-33(65)21-19-31)47(69)58-39(25-32-26-56-36-16-10-9-15-34(32)36)48(70)57-37(46(68)61-41)17-11-12-22-53/h6-10,13-16,18-21,26,28-29,35,37-43,56,64-65H,11-12,17,22-25,27,53-54H2,1-5H3,(H2,55,66)(H,57,70)(H,58,69)(H,59,73)(H,60,72)(H,61,68)(H,62,71)(H,63,67)/t29-,35-,37+,38+,39-,40+,41+,42+,43+/m1/s1. The summed E-state index contributed by atoms with van der Waals surface area (Å²) in [5.41, 5.74) is 20.5. The SMILES string of the molecule is CC(C)[C@@H]1NC(=O)[C@H](CCCCN)NC(=O)[C@@H](Cc2c[nH]c3ccccc23)NC(=O)[C@H](Cc2ccc(O)cc2)NC(=O)[C@H](NC(=O)[C@H](N)Cc2ccccc2)C(C)(C)SSC[C@@H](C(=O)N[C@H](C(N)=O)[C@@H](C)O)NC1=O. The van der Waals surface area contributed by atoms with Gasteiger partial charge in [0.1, 0.15) is 48.0 Å². The molecule has 1 aromatic heterocycles. The third-order valence-electron chi connectivity index (χ3n) is 12.7. The zero-order valence-electron chi connectivity index (χ0n) is 42.7. The van der Waals surface area contributed by atoms with Gasteiger partial charge < -0.3 is 69.6 Å². The van der Waals surface area contributed by atoms with Crippen LogP contribution in [0.2, 0.25) is 0 Å². The van der Waals surface area contributed by atoms with Crippen molar-refractivity contribution in [3.8, 4) is 5.75 Å². The van der Waals surface area contributed by atoms with E-state index in [1.165, 1.54) is 19.1 Å². The second-order valence-electron chi connectivity index (χ2n) is 19.5. The Morgan fingerprint density at radius 3 is 2.01 bits per heavy atom. The van der Waals surface area contributed by atoms with E-state index in [4.69, 9.17) is 17.2 Å². The van der Waals surface area contributed by atoms with E-state index in [-0.39, 0.29) is 43.7 Å². The van der Waals surface area contributed by atoms with Gasteiger partial charge in [-0.15, -0.1) is 0 Å². The Labute approximate surface area is 444 Å². The molecule has 0 unspecified atom stereocenters. The number of benzene rings is 3. The van der Waals surface area contributed by atoms with Gasteiger partial charge in [0.05, 0.1) is 12.1 Å². The summed E-state index contributed by atoms with van der Waals surface area (Å²) in [4.78, 5) is 117. The molecule has 9 atom stereocenters. The molecule has 75 heavy (non-hydrogen) atoms. The molecule has 8 amide bonds. The van der Waals surface area contributed by atoms with E-state index in [1.54, 1.807) is 70.3 Å². The van der Waals surface area contributed by atoms with Crippen LogP contribution in [0.3, 0.4) is 0 Å². The van der Waals surface area contributed by atoms with Gasteiger partial charge in [-0.1, -0.05) is 96.1 Å². The first-order valence-corrected chi connectivity index (χ1v) is 27.1. The van der Waals surface area contributed by atoms with Crippen molar-refractivity contribution < 1.29 is 48.6 Å². The molecule has 0 saturated carbocycles. The summed E-state index contributed by atoms with van der Waals surface area (Å²) < 4.78 is -1.32. The molecule has 0 radical (unpaired) electrons. The minimum atomic E-state index is -1.56. The number of aromatic amines is 1. The molecule has 4 aromatic rings. The van der Waals surface area contributed by atoms with E-state index in [1.807, 2.05) is 30.3 Å². The maximum atomic E-state index is 15.0. The van der Waals surface area contributed by atoms with Crippen molar-refractivity contribution in [1.82, 2.24) is 42.2 Å². The highest BCUT2D eigenvalue weighted by Gasteiger charge is 2.42. The first-order chi connectivity index (χ1) is 35.6. The molecule has 0 bridgehead atoms. The van der Waals surface area contributed by atoms with Crippen LogP contribution in [0.1, 0.15) is 70.6 Å². The van der Waals surface area contributed by atoms with Gasteiger partial charge in [0, 0.05) is 40.4 Å². The fraction of sp³-hybridized carbons (Fsp3) is 0.462. The molecule has 1 saturated heterocycles. The average Bonchev–Trinajstić information content (AvgIpc) is 3.77. The largest absolute Gasteiger partial charge is 0.508 e. The van der Waals surface area contributed by atoms with E-state index >= 15 is 4.79 Å². The number of aliphatic hydroxyl groups is 1. The smallest absolute Gasteiger partial charge is 0.244 e. The molecule has 23 heteroatoms. The van der Waals surface area contributed by atoms with Crippen LogP contribution in [0.5, 0.6) is 5.75 Å². The number of amides is 8. The number of H-pyrrole nitrogens is 1. The van der Waals surface area contributed by atoms with Crippen molar-refractivity contribution in [2.75, 3.05) is 12.3 Å². The Hall–Kier alpha value is -6.66. The van der Waals surface area contributed by atoms with Gasteiger partial charge in [-0.05, 0) is 93.8 Å². The number of unbranched alkanes of at least 4 members (excludes halogenated alkanes) is 1. The van der Waals surface area contributed by atoms with Crippen molar-refractivity contribution in [2.45, 2.75) is 132 Å². The van der Waals surface area contributed by atoms with E-state index in [9.17, 15) is 43.8 Å². The minimum absolute atomic E-state index is 0.0514. The van der Waals surface area contributed by atoms with Gasteiger partial charge in [0.15, 0.2) is 0 Å². The number of nitrogens with one attached hydrogen (secondary N) is 8. The Morgan fingerprint density at radius 1 is 0.760 bits per heavy atom. The first kappa shape index (κ1) is 59.2. The zero-order chi connectivity index (χ0) is 55.0. The van der Waals surface area contributed by atoms with Crippen LogP contribution in [0, 0.1) is 5.92 Å². The average molecular weight is 1070 g/mol. The predicted molar refractivity (Wildman–Crippen MR) is 288 cm³/mol. The molecule has 406 valence electrons. The van der Waals surface area contributed by atoms with Crippen LogP contribution in [0.25, 0.3) is 10.9 Å². The molecule has 1 aliphatic rings. The molecule has 0 spiro atoms. The van der Waals surface area contributed by atoms with Crippen molar-refractivity contribution in [1.29, 1.82) is 0 Å². The van der Waals surface area contributed by atoms with Crippen molar-refractivity contribution >= 4 is 79.7 Å². The summed E-state index contributed by atoms with van der Waals surface area (Å²) in [6.07, 6.45) is 1.05. The molecular formula is C52H71N11O10S2. The van der Waals surface area contributed by atoms with Gasteiger partial charge in [-0.25, -0.2) is 0 Å². The van der Waals surface area contributed by atoms with Gasteiger partial charge in [0.2, 0.25) is 47.3 Å². The van der Waals surface area contributed by atoms with Gasteiger partial charge in [-0.2, -0.15) is 0 Å². The lowest BCUT2D eigenvalue weighted by atomic mass is 9.98. The van der Waals surface area contributed by atoms with Gasteiger partial charge in [-0.3, -0.25) is 38.4 Å².